The van der Waals surface area contributed by atoms with Crippen molar-refractivity contribution in [1.29, 1.82) is 0 Å². The molecule has 0 aromatic heterocycles. The Kier molecular flexibility index (Phi) is 4.34. The van der Waals surface area contributed by atoms with Crippen molar-refractivity contribution in [2.45, 2.75) is 12.5 Å². The van der Waals surface area contributed by atoms with E-state index in [1.165, 1.54) is 26.4 Å². The fraction of sp³-hybridized carbons (Fsp3) is 0.385. The minimum Gasteiger partial charge on any atom is -0.493 e. The zero-order valence-corrected chi connectivity index (χ0v) is 11.7. The number of carbonyl (C=O) groups excluding carboxylic acids is 2. The van der Waals surface area contributed by atoms with Crippen LogP contribution in [0.15, 0.2) is 12.1 Å². The van der Waals surface area contributed by atoms with Crippen molar-refractivity contribution >= 4 is 23.5 Å². The summed E-state index contributed by atoms with van der Waals surface area (Å²) in [5.74, 6) is -0.575. The summed E-state index contributed by atoms with van der Waals surface area (Å²) >= 11 is 6.00. The number of rotatable bonds is 4. The van der Waals surface area contributed by atoms with Gasteiger partial charge in [-0.2, -0.15) is 0 Å². The lowest BCUT2D eigenvalue weighted by Crippen LogP contribution is -2.22. The zero-order chi connectivity index (χ0) is 14.7. The summed E-state index contributed by atoms with van der Waals surface area (Å²) < 4.78 is 19.9. The van der Waals surface area contributed by atoms with E-state index in [9.17, 15) is 9.59 Å². The predicted molar refractivity (Wildman–Crippen MR) is 69.3 cm³/mol. The SMILES string of the molecule is COc1cc(C(=O)O[C@H]2CCOC2=O)cc(Cl)c1OC. The highest BCUT2D eigenvalue weighted by Crippen LogP contribution is 2.36. The van der Waals surface area contributed by atoms with Crippen molar-refractivity contribution in [2.75, 3.05) is 20.8 Å². The minimum absolute atomic E-state index is 0.173. The second-order valence-corrected chi connectivity index (χ2v) is 4.45. The molecule has 1 aromatic rings. The highest BCUT2D eigenvalue weighted by atomic mass is 35.5. The van der Waals surface area contributed by atoms with Crippen LogP contribution in [0.4, 0.5) is 0 Å². The van der Waals surface area contributed by atoms with Crippen molar-refractivity contribution in [3.8, 4) is 11.5 Å². The number of hydrogen-bond acceptors (Lipinski definition) is 6. The summed E-state index contributed by atoms with van der Waals surface area (Å²) in [6.07, 6.45) is -0.514. The largest absolute Gasteiger partial charge is 0.493 e. The zero-order valence-electron chi connectivity index (χ0n) is 11.0. The van der Waals surface area contributed by atoms with Crippen LogP contribution in [0, 0.1) is 0 Å². The second-order valence-electron chi connectivity index (χ2n) is 4.04. The lowest BCUT2D eigenvalue weighted by atomic mass is 10.2. The Morgan fingerprint density at radius 2 is 2.10 bits per heavy atom. The quantitative estimate of drug-likeness (QED) is 0.790. The number of methoxy groups -OCH3 is 2. The van der Waals surface area contributed by atoms with Crippen LogP contribution in [0.3, 0.4) is 0 Å². The molecule has 20 heavy (non-hydrogen) atoms. The standard InChI is InChI=1S/C13H13ClO6/c1-17-10-6-7(5-8(14)11(10)18-2)12(15)20-9-3-4-19-13(9)16/h5-6,9H,3-4H2,1-2H3/t9-/m0/s1. The molecule has 1 heterocycles. The van der Waals surface area contributed by atoms with Gasteiger partial charge in [0.1, 0.15) is 0 Å². The third-order valence-corrected chi connectivity index (χ3v) is 3.09. The fourth-order valence-corrected chi connectivity index (χ4v) is 2.11. The molecule has 0 N–H and O–H groups in total. The van der Waals surface area contributed by atoms with Crippen molar-refractivity contribution in [3.63, 3.8) is 0 Å². The van der Waals surface area contributed by atoms with Gasteiger partial charge in [0.15, 0.2) is 11.5 Å². The molecule has 0 saturated carbocycles. The Hall–Kier alpha value is -1.95. The maximum Gasteiger partial charge on any atom is 0.347 e. The number of benzene rings is 1. The molecule has 0 bridgehead atoms. The van der Waals surface area contributed by atoms with Gasteiger partial charge in [-0.3, -0.25) is 0 Å². The summed E-state index contributed by atoms with van der Waals surface area (Å²) in [6, 6.07) is 2.83. The molecule has 0 amide bonds. The molecule has 7 heteroatoms. The monoisotopic (exact) mass is 300 g/mol. The molecule has 2 rings (SSSR count). The first-order valence-corrected chi connectivity index (χ1v) is 6.23. The van der Waals surface area contributed by atoms with Gasteiger partial charge < -0.3 is 18.9 Å². The van der Waals surface area contributed by atoms with Crippen LogP contribution in [0.5, 0.6) is 11.5 Å². The number of ether oxygens (including phenoxy) is 4. The lowest BCUT2D eigenvalue weighted by Gasteiger charge is -2.12. The average Bonchev–Trinajstić information content (AvgIpc) is 2.83. The number of halogens is 1. The van der Waals surface area contributed by atoms with Crippen molar-refractivity contribution in [1.82, 2.24) is 0 Å². The van der Waals surface area contributed by atoms with Gasteiger partial charge in [-0.15, -0.1) is 0 Å². The molecule has 1 atom stereocenters. The maximum atomic E-state index is 12.0. The molecule has 0 aliphatic carbocycles. The van der Waals surface area contributed by atoms with E-state index in [4.69, 9.17) is 30.5 Å². The molecular weight excluding hydrogens is 288 g/mol. The Morgan fingerprint density at radius 1 is 1.35 bits per heavy atom. The van der Waals surface area contributed by atoms with E-state index in [0.29, 0.717) is 17.9 Å². The van der Waals surface area contributed by atoms with Crippen LogP contribution in [-0.2, 0) is 14.3 Å². The highest BCUT2D eigenvalue weighted by molar-refractivity contribution is 6.32. The first-order chi connectivity index (χ1) is 9.56. The molecular formula is C13H13ClO6. The van der Waals surface area contributed by atoms with E-state index in [2.05, 4.69) is 0 Å². The second kappa shape index (κ2) is 6.00. The van der Waals surface area contributed by atoms with Gasteiger partial charge >= 0.3 is 11.9 Å². The number of carbonyl (C=O) groups is 2. The summed E-state index contributed by atoms with van der Waals surface area (Å²) in [7, 11) is 2.87. The molecule has 1 saturated heterocycles. The highest BCUT2D eigenvalue weighted by Gasteiger charge is 2.31. The third kappa shape index (κ3) is 2.80. The average molecular weight is 301 g/mol. The molecule has 0 spiro atoms. The molecule has 1 aromatic carbocycles. The van der Waals surface area contributed by atoms with E-state index < -0.39 is 18.0 Å². The van der Waals surface area contributed by atoms with Crippen LogP contribution < -0.4 is 9.47 Å². The third-order valence-electron chi connectivity index (χ3n) is 2.81. The topological polar surface area (TPSA) is 71.1 Å². The van der Waals surface area contributed by atoms with Crippen LogP contribution in [0.1, 0.15) is 16.8 Å². The van der Waals surface area contributed by atoms with E-state index in [1.54, 1.807) is 0 Å². The summed E-state index contributed by atoms with van der Waals surface area (Å²) in [4.78, 5) is 23.2. The fourth-order valence-electron chi connectivity index (χ4n) is 1.82. The number of hydrogen-bond donors (Lipinski definition) is 0. The van der Waals surface area contributed by atoms with E-state index in [-0.39, 0.29) is 17.2 Å². The Bertz CT molecular complexity index is 542. The normalized spacial score (nSPS) is 17.6. The molecule has 0 radical (unpaired) electrons. The number of cyclic esters (lactones) is 1. The first-order valence-electron chi connectivity index (χ1n) is 5.86. The van der Waals surface area contributed by atoms with Crippen molar-refractivity contribution < 1.29 is 28.5 Å². The summed E-state index contributed by atoms with van der Waals surface area (Å²) in [6.45, 7) is 0.253. The molecule has 1 aliphatic rings. The van der Waals surface area contributed by atoms with Gasteiger partial charge in [0, 0.05) is 6.42 Å². The van der Waals surface area contributed by atoms with Gasteiger partial charge in [0.25, 0.3) is 0 Å². The molecule has 1 fully saturated rings. The van der Waals surface area contributed by atoms with Crippen molar-refractivity contribution in [3.05, 3.63) is 22.7 Å². The molecule has 0 unspecified atom stereocenters. The van der Waals surface area contributed by atoms with Crippen LogP contribution >= 0.6 is 11.6 Å². The Morgan fingerprint density at radius 3 is 2.65 bits per heavy atom. The lowest BCUT2D eigenvalue weighted by molar-refractivity contribution is -0.145. The maximum absolute atomic E-state index is 12.0. The summed E-state index contributed by atoms with van der Waals surface area (Å²) in [5, 5.41) is 0.216. The van der Waals surface area contributed by atoms with Crippen LogP contribution in [0.25, 0.3) is 0 Å². The number of esters is 2. The van der Waals surface area contributed by atoms with Gasteiger partial charge in [0.2, 0.25) is 6.10 Å². The predicted octanol–water partition coefficient (Wildman–Crippen LogP) is 1.83. The van der Waals surface area contributed by atoms with Crippen molar-refractivity contribution in [2.24, 2.45) is 0 Å². The van der Waals surface area contributed by atoms with E-state index in [0.717, 1.165) is 0 Å². The first kappa shape index (κ1) is 14.5. The molecule has 6 nitrogen and oxygen atoms in total. The van der Waals surface area contributed by atoms with Crippen LogP contribution in [0.2, 0.25) is 5.02 Å². The minimum atomic E-state index is -0.866. The van der Waals surface area contributed by atoms with E-state index >= 15 is 0 Å². The molecule has 1 aliphatic heterocycles. The van der Waals surface area contributed by atoms with Crippen LogP contribution in [-0.4, -0.2) is 38.9 Å². The summed E-state index contributed by atoms with van der Waals surface area (Å²) in [5.41, 5.74) is 0.173. The Balaban J connectivity index is 2.21. The van der Waals surface area contributed by atoms with E-state index in [1.807, 2.05) is 0 Å². The van der Waals surface area contributed by atoms with Gasteiger partial charge in [-0.05, 0) is 12.1 Å². The smallest absolute Gasteiger partial charge is 0.347 e. The molecule has 108 valence electrons. The van der Waals surface area contributed by atoms with Gasteiger partial charge in [-0.25, -0.2) is 9.59 Å². The van der Waals surface area contributed by atoms with Gasteiger partial charge in [-0.1, -0.05) is 11.6 Å². The van der Waals surface area contributed by atoms with Gasteiger partial charge in [0.05, 0.1) is 31.4 Å². The Labute approximate surface area is 120 Å².